The number of halogens is 3. The lowest BCUT2D eigenvalue weighted by Crippen LogP contribution is -2.24. The average Bonchev–Trinajstić information content (AvgIpc) is 2.93. The van der Waals surface area contributed by atoms with E-state index in [4.69, 9.17) is 0 Å². The SMILES string of the molecule is CC(C)(C)n1nnnc1SCC(=O)Nc1cccc(C(F)(F)F)c1. The van der Waals surface area contributed by atoms with E-state index >= 15 is 0 Å². The van der Waals surface area contributed by atoms with E-state index < -0.39 is 17.6 Å². The highest BCUT2D eigenvalue weighted by atomic mass is 32.2. The Bertz CT molecular complexity index is 724. The molecular weight excluding hydrogens is 343 g/mol. The van der Waals surface area contributed by atoms with E-state index in [1.807, 2.05) is 20.8 Å². The number of rotatable bonds is 4. The van der Waals surface area contributed by atoms with Crippen molar-refractivity contribution < 1.29 is 18.0 Å². The summed E-state index contributed by atoms with van der Waals surface area (Å²) in [5.74, 6) is -0.463. The average molecular weight is 359 g/mol. The van der Waals surface area contributed by atoms with E-state index in [0.717, 1.165) is 23.9 Å². The van der Waals surface area contributed by atoms with Crippen molar-refractivity contribution in [3.63, 3.8) is 0 Å². The van der Waals surface area contributed by atoms with Gasteiger partial charge in [-0.3, -0.25) is 4.79 Å². The second-order valence-corrected chi connectivity index (χ2v) is 6.90. The zero-order valence-corrected chi connectivity index (χ0v) is 14.1. The van der Waals surface area contributed by atoms with Gasteiger partial charge in [-0.15, -0.1) is 5.10 Å². The molecule has 1 heterocycles. The van der Waals surface area contributed by atoms with Gasteiger partial charge in [0.1, 0.15) is 0 Å². The van der Waals surface area contributed by atoms with Crippen LogP contribution in [0.3, 0.4) is 0 Å². The molecule has 1 N–H and O–H groups in total. The van der Waals surface area contributed by atoms with Crippen LogP contribution in [0, 0.1) is 0 Å². The second kappa shape index (κ2) is 6.80. The van der Waals surface area contributed by atoms with Crippen LogP contribution >= 0.6 is 11.8 Å². The van der Waals surface area contributed by atoms with Crippen LogP contribution < -0.4 is 5.32 Å². The van der Waals surface area contributed by atoms with Crippen molar-refractivity contribution >= 4 is 23.4 Å². The smallest absolute Gasteiger partial charge is 0.325 e. The highest BCUT2D eigenvalue weighted by Gasteiger charge is 2.30. The summed E-state index contributed by atoms with van der Waals surface area (Å²) in [6.07, 6.45) is -4.45. The zero-order chi connectivity index (χ0) is 18.0. The Hall–Kier alpha value is -2.10. The number of carbonyl (C=O) groups is 1. The van der Waals surface area contributed by atoms with Crippen molar-refractivity contribution in [3.05, 3.63) is 29.8 Å². The molecular formula is C14H16F3N5OS. The fraction of sp³-hybridized carbons (Fsp3) is 0.429. The lowest BCUT2D eigenvalue weighted by Gasteiger charge is -2.19. The predicted molar refractivity (Wildman–Crippen MR) is 83.6 cm³/mol. The van der Waals surface area contributed by atoms with Gasteiger partial charge in [-0.25, -0.2) is 4.68 Å². The van der Waals surface area contributed by atoms with Gasteiger partial charge in [0, 0.05) is 5.69 Å². The molecule has 0 radical (unpaired) electrons. The lowest BCUT2D eigenvalue weighted by atomic mass is 10.1. The Morgan fingerprint density at radius 1 is 1.29 bits per heavy atom. The summed E-state index contributed by atoms with van der Waals surface area (Å²) >= 11 is 1.11. The van der Waals surface area contributed by atoms with Crippen molar-refractivity contribution in [1.29, 1.82) is 0 Å². The molecule has 0 bridgehead atoms. The maximum atomic E-state index is 12.7. The Kier molecular flexibility index (Phi) is 5.16. The molecule has 0 aliphatic rings. The van der Waals surface area contributed by atoms with E-state index in [0.29, 0.717) is 5.16 Å². The van der Waals surface area contributed by atoms with Gasteiger partial charge in [-0.2, -0.15) is 13.2 Å². The maximum Gasteiger partial charge on any atom is 0.416 e. The summed E-state index contributed by atoms with van der Waals surface area (Å²) in [5.41, 5.74) is -1.07. The number of nitrogens with one attached hydrogen (secondary N) is 1. The molecule has 0 aliphatic heterocycles. The molecule has 1 aromatic heterocycles. The number of hydrogen-bond donors (Lipinski definition) is 1. The normalized spacial score (nSPS) is 12.2. The first kappa shape index (κ1) is 18.2. The third-order valence-corrected chi connectivity index (χ3v) is 3.80. The predicted octanol–water partition coefficient (Wildman–Crippen LogP) is 3.18. The molecule has 0 aliphatic carbocycles. The summed E-state index contributed by atoms with van der Waals surface area (Å²) in [6, 6.07) is 4.48. The van der Waals surface area contributed by atoms with Crippen LogP contribution in [-0.2, 0) is 16.5 Å². The van der Waals surface area contributed by atoms with E-state index in [2.05, 4.69) is 20.8 Å². The second-order valence-electron chi connectivity index (χ2n) is 5.96. The summed E-state index contributed by atoms with van der Waals surface area (Å²) < 4.78 is 39.5. The standard InChI is InChI=1S/C14H16F3N5OS/c1-13(2,3)22-12(19-20-21-22)24-8-11(23)18-10-6-4-5-9(7-10)14(15,16)17/h4-7H,8H2,1-3H3,(H,18,23). The highest BCUT2D eigenvalue weighted by molar-refractivity contribution is 7.99. The molecule has 0 saturated carbocycles. The summed E-state index contributed by atoms with van der Waals surface area (Å²) in [7, 11) is 0. The Balaban J connectivity index is 1.99. The van der Waals surface area contributed by atoms with Gasteiger partial charge in [-0.1, -0.05) is 17.8 Å². The topological polar surface area (TPSA) is 72.7 Å². The number of aromatic nitrogens is 4. The van der Waals surface area contributed by atoms with Gasteiger partial charge < -0.3 is 5.32 Å². The van der Waals surface area contributed by atoms with Crippen molar-refractivity contribution in [3.8, 4) is 0 Å². The van der Waals surface area contributed by atoms with E-state index in [9.17, 15) is 18.0 Å². The maximum absolute atomic E-state index is 12.7. The molecule has 1 aromatic carbocycles. The number of tetrazole rings is 1. The molecule has 0 spiro atoms. The quantitative estimate of drug-likeness (QED) is 0.849. The number of thioether (sulfide) groups is 1. The fourth-order valence-electron chi connectivity index (χ4n) is 1.79. The largest absolute Gasteiger partial charge is 0.416 e. The van der Waals surface area contributed by atoms with E-state index in [1.54, 1.807) is 4.68 Å². The van der Waals surface area contributed by atoms with Crippen molar-refractivity contribution in [2.75, 3.05) is 11.1 Å². The first-order chi connectivity index (χ1) is 11.1. The molecule has 0 unspecified atom stereocenters. The molecule has 0 fully saturated rings. The van der Waals surface area contributed by atoms with Gasteiger partial charge in [0.15, 0.2) is 0 Å². The van der Waals surface area contributed by atoms with Gasteiger partial charge in [0.25, 0.3) is 0 Å². The summed E-state index contributed by atoms with van der Waals surface area (Å²) in [5, 5.41) is 14.2. The summed E-state index contributed by atoms with van der Waals surface area (Å²) in [4.78, 5) is 11.9. The zero-order valence-electron chi connectivity index (χ0n) is 13.3. The Labute approximate surface area is 140 Å². The molecule has 10 heteroatoms. The minimum absolute atomic E-state index is 0.0211. The van der Waals surface area contributed by atoms with Crippen LogP contribution in [0.4, 0.5) is 18.9 Å². The van der Waals surface area contributed by atoms with Gasteiger partial charge >= 0.3 is 6.18 Å². The molecule has 2 rings (SSSR count). The molecule has 6 nitrogen and oxygen atoms in total. The van der Waals surface area contributed by atoms with Gasteiger partial charge in [0.05, 0.1) is 16.9 Å². The van der Waals surface area contributed by atoms with Crippen molar-refractivity contribution in [2.24, 2.45) is 0 Å². The van der Waals surface area contributed by atoms with Crippen LogP contribution in [0.1, 0.15) is 26.3 Å². The number of carbonyl (C=O) groups excluding carboxylic acids is 1. The molecule has 0 saturated heterocycles. The van der Waals surface area contributed by atoms with Crippen LogP contribution in [0.5, 0.6) is 0 Å². The molecule has 0 atom stereocenters. The first-order valence-electron chi connectivity index (χ1n) is 6.96. The number of benzene rings is 1. The number of amides is 1. The van der Waals surface area contributed by atoms with E-state index in [-0.39, 0.29) is 17.0 Å². The van der Waals surface area contributed by atoms with Crippen molar-refractivity contribution in [1.82, 2.24) is 20.2 Å². The third-order valence-electron chi connectivity index (χ3n) is 2.88. The minimum atomic E-state index is -4.45. The molecule has 24 heavy (non-hydrogen) atoms. The summed E-state index contributed by atoms with van der Waals surface area (Å²) in [6.45, 7) is 5.74. The fourth-order valence-corrected chi connectivity index (χ4v) is 2.65. The molecule has 130 valence electrons. The number of hydrogen-bond acceptors (Lipinski definition) is 5. The third kappa shape index (κ3) is 4.70. The monoisotopic (exact) mass is 359 g/mol. The lowest BCUT2D eigenvalue weighted by molar-refractivity contribution is -0.137. The van der Waals surface area contributed by atoms with Gasteiger partial charge in [0.2, 0.25) is 11.1 Å². The van der Waals surface area contributed by atoms with Crippen LogP contribution in [0.2, 0.25) is 0 Å². The van der Waals surface area contributed by atoms with Crippen LogP contribution in [-0.4, -0.2) is 31.9 Å². The number of nitrogens with zero attached hydrogens (tertiary/aromatic N) is 4. The first-order valence-corrected chi connectivity index (χ1v) is 7.95. The van der Waals surface area contributed by atoms with Crippen LogP contribution in [0.25, 0.3) is 0 Å². The van der Waals surface area contributed by atoms with Crippen LogP contribution in [0.15, 0.2) is 29.4 Å². The Morgan fingerprint density at radius 2 is 2.00 bits per heavy atom. The molecule has 2 aromatic rings. The highest BCUT2D eigenvalue weighted by Crippen LogP contribution is 2.30. The molecule has 1 amide bonds. The Morgan fingerprint density at radius 3 is 2.62 bits per heavy atom. The number of anilines is 1. The van der Waals surface area contributed by atoms with E-state index in [1.165, 1.54) is 12.1 Å². The minimum Gasteiger partial charge on any atom is -0.325 e. The van der Waals surface area contributed by atoms with Crippen molar-refractivity contribution in [2.45, 2.75) is 37.6 Å². The number of alkyl halides is 3. The van der Waals surface area contributed by atoms with Gasteiger partial charge in [-0.05, 0) is 49.4 Å².